The second-order valence-corrected chi connectivity index (χ2v) is 7.01. The summed E-state index contributed by atoms with van der Waals surface area (Å²) >= 11 is 0. The molecule has 1 unspecified atom stereocenters. The van der Waals surface area contributed by atoms with Crippen molar-refractivity contribution >= 4 is 29.8 Å². The Balaban J connectivity index is 3.16. The van der Waals surface area contributed by atoms with Gasteiger partial charge in [0.05, 0.1) is 27.8 Å². The molecule has 1 aromatic heterocycles. The molecule has 0 aliphatic heterocycles. The maximum absolute atomic E-state index is 12.2. The monoisotopic (exact) mass is 410 g/mol. The van der Waals surface area contributed by atoms with E-state index >= 15 is 0 Å². The van der Waals surface area contributed by atoms with Crippen LogP contribution in [0.15, 0.2) is 18.3 Å². The number of esters is 3. The number of nitrogens with one attached hydrogen (secondary N) is 1. The molecule has 1 amide bonds. The maximum atomic E-state index is 12.2. The number of rotatable bonds is 7. The van der Waals surface area contributed by atoms with Gasteiger partial charge in [-0.1, -0.05) is 6.07 Å². The molecule has 160 valence electrons. The van der Waals surface area contributed by atoms with E-state index in [1.165, 1.54) is 25.4 Å². The molecule has 10 nitrogen and oxygen atoms in total. The highest BCUT2D eigenvalue weighted by molar-refractivity contribution is 5.96. The van der Waals surface area contributed by atoms with E-state index in [4.69, 9.17) is 4.74 Å². The molecule has 0 fully saturated rings. The fourth-order valence-electron chi connectivity index (χ4n) is 2.48. The highest BCUT2D eigenvalue weighted by Crippen LogP contribution is 2.31. The third-order valence-corrected chi connectivity index (χ3v) is 3.77. The van der Waals surface area contributed by atoms with Crippen molar-refractivity contribution in [3.05, 3.63) is 23.9 Å². The molecule has 0 bridgehead atoms. The van der Waals surface area contributed by atoms with Gasteiger partial charge in [-0.2, -0.15) is 0 Å². The molecule has 0 saturated heterocycles. The molecule has 10 heteroatoms. The predicted octanol–water partition coefficient (Wildman–Crippen LogP) is 2.04. The predicted molar refractivity (Wildman–Crippen MR) is 101 cm³/mol. The van der Waals surface area contributed by atoms with Crippen LogP contribution in [0.5, 0.6) is 0 Å². The SMILES string of the molecule is COC(=O)CC(c1ccc(NC(=O)OC(C)(C)C)nc1)C(C(=O)OC)C(=O)OC. The van der Waals surface area contributed by atoms with Gasteiger partial charge in [0, 0.05) is 12.1 Å². The third-order valence-electron chi connectivity index (χ3n) is 3.77. The van der Waals surface area contributed by atoms with Gasteiger partial charge in [0.25, 0.3) is 0 Å². The number of carbonyl (C=O) groups is 4. The highest BCUT2D eigenvalue weighted by atomic mass is 16.6. The molecule has 1 rings (SSSR count). The number of anilines is 1. The Kier molecular flexibility index (Phi) is 8.56. The maximum Gasteiger partial charge on any atom is 0.413 e. The van der Waals surface area contributed by atoms with Gasteiger partial charge in [-0.3, -0.25) is 19.7 Å². The minimum absolute atomic E-state index is 0.188. The van der Waals surface area contributed by atoms with Crippen LogP contribution in [0.1, 0.15) is 38.7 Å². The first-order valence-corrected chi connectivity index (χ1v) is 8.70. The summed E-state index contributed by atoms with van der Waals surface area (Å²) in [5.74, 6) is -4.50. The van der Waals surface area contributed by atoms with Crippen LogP contribution in [0.4, 0.5) is 10.6 Å². The van der Waals surface area contributed by atoms with E-state index in [1.807, 2.05) is 0 Å². The number of methoxy groups -OCH3 is 3. The average molecular weight is 410 g/mol. The fourth-order valence-corrected chi connectivity index (χ4v) is 2.48. The van der Waals surface area contributed by atoms with Gasteiger partial charge < -0.3 is 18.9 Å². The number of pyridine rings is 1. The zero-order chi connectivity index (χ0) is 22.2. The lowest BCUT2D eigenvalue weighted by atomic mass is 9.84. The number of amides is 1. The van der Waals surface area contributed by atoms with Crippen molar-refractivity contribution in [2.45, 2.75) is 38.7 Å². The van der Waals surface area contributed by atoms with E-state index in [0.717, 1.165) is 14.2 Å². The number of aromatic nitrogens is 1. The molecule has 1 atom stereocenters. The van der Waals surface area contributed by atoms with Crippen LogP contribution < -0.4 is 5.32 Å². The van der Waals surface area contributed by atoms with Crippen molar-refractivity contribution in [2.75, 3.05) is 26.6 Å². The van der Waals surface area contributed by atoms with Crippen molar-refractivity contribution in [2.24, 2.45) is 5.92 Å². The second kappa shape index (κ2) is 10.4. The smallest absolute Gasteiger partial charge is 0.413 e. The van der Waals surface area contributed by atoms with Gasteiger partial charge in [-0.05, 0) is 32.4 Å². The normalized spacial score (nSPS) is 12.0. The van der Waals surface area contributed by atoms with Crippen LogP contribution in [0.25, 0.3) is 0 Å². The van der Waals surface area contributed by atoms with Crippen LogP contribution in [0.2, 0.25) is 0 Å². The summed E-state index contributed by atoms with van der Waals surface area (Å²) < 4.78 is 19.2. The van der Waals surface area contributed by atoms with E-state index in [2.05, 4.69) is 24.5 Å². The Morgan fingerprint density at radius 3 is 2.00 bits per heavy atom. The second-order valence-electron chi connectivity index (χ2n) is 7.01. The summed E-state index contributed by atoms with van der Waals surface area (Å²) in [5, 5.41) is 2.47. The molecule has 0 aromatic carbocycles. The molecular formula is C19H26N2O8. The Morgan fingerprint density at radius 2 is 1.59 bits per heavy atom. The minimum Gasteiger partial charge on any atom is -0.469 e. The zero-order valence-corrected chi connectivity index (χ0v) is 17.3. The number of ether oxygens (including phenoxy) is 4. The summed E-state index contributed by atoms with van der Waals surface area (Å²) in [6.45, 7) is 5.17. The zero-order valence-electron chi connectivity index (χ0n) is 17.3. The summed E-state index contributed by atoms with van der Waals surface area (Å²) in [5.41, 5.74) is -0.296. The van der Waals surface area contributed by atoms with Crippen molar-refractivity contribution in [1.82, 2.24) is 4.98 Å². The highest BCUT2D eigenvalue weighted by Gasteiger charge is 2.39. The molecular weight excluding hydrogens is 384 g/mol. The lowest BCUT2D eigenvalue weighted by Crippen LogP contribution is -2.33. The number of carbonyl (C=O) groups excluding carboxylic acids is 4. The first-order chi connectivity index (χ1) is 13.5. The molecule has 0 radical (unpaired) electrons. The van der Waals surface area contributed by atoms with Gasteiger partial charge in [-0.25, -0.2) is 9.78 Å². The third kappa shape index (κ3) is 7.40. The Hall–Kier alpha value is -3.17. The van der Waals surface area contributed by atoms with Crippen LogP contribution >= 0.6 is 0 Å². The summed E-state index contributed by atoms with van der Waals surface area (Å²) in [4.78, 5) is 52.1. The fraction of sp³-hybridized carbons (Fsp3) is 0.526. The van der Waals surface area contributed by atoms with Gasteiger partial charge >= 0.3 is 24.0 Å². The summed E-state index contributed by atoms with van der Waals surface area (Å²) in [6.07, 6.45) is 0.358. The number of hydrogen-bond donors (Lipinski definition) is 1. The van der Waals surface area contributed by atoms with Gasteiger partial charge in [0.2, 0.25) is 0 Å². The molecule has 29 heavy (non-hydrogen) atoms. The molecule has 0 spiro atoms. The van der Waals surface area contributed by atoms with Crippen molar-refractivity contribution in [1.29, 1.82) is 0 Å². The molecule has 1 aromatic rings. The minimum atomic E-state index is -1.39. The standard InChI is InChI=1S/C19H26N2O8/c1-19(2,3)29-18(25)21-13-8-7-11(10-20-13)12(9-14(22)26-4)15(16(23)27-5)17(24)28-6/h7-8,10,12,15H,9H2,1-6H3,(H,20,21,25). The van der Waals surface area contributed by atoms with Gasteiger partial charge in [-0.15, -0.1) is 0 Å². The molecule has 1 N–H and O–H groups in total. The first kappa shape index (κ1) is 23.9. The van der Waals surface area contributed by atoms with Crippen LogP contribution in [-0.2, 0) is 33.3 Å². The Morgan fingerprint density at radius 1 is 1.00 bits per heavy atom. The average Bonchev–Trinajstić information content (AvgIpc) is 2.65. The summed E-state index contributed by atoms with van der Waals surface area (Å²) in [7, 11) is 3.44. The van der Waals surface area contributed by atoms with E-state index < -0.39 is 41.4 Å². The quantitative estimate of drug-likeness (QED) is 0.407. The van der Waals surface area contributed by atoms with Crippen molar-refractivity contribution in [3.8, 4) is 0 Å². The lowest BCUT2D eigenvalue weighted by Gasteiger charge is -2.23. The van der Waals surface area contributed by atoms with Crippen molar-refractivity contribution in [3.63, 3.8) is 0 Å². The first-order valence-electron chi connectivity index (χ1n) is 8.70. The van der Waals surface area contributed by atoms with Crippen molar-refractivity contribution < 1.29 is 38.1 Å². The summed E-state index contributed by atoms with van der Waals surface area (Å²) in [6, 6.07) is 2.97. The largest absolute Gasteiger partial charge is 0.469 e. The topological polar surface area (TPSA) is 130 Å². The number of nitrogens with zero attached hydrogens (tertiary/aromatic N) is 1. The molecule has 0 aliphatic carbocycles. The Labute approximate surface area is 168 Å². The van der Waals surface area contributed by atoms with E-state index in [1.54, 1.807) is 20.8 Å². The van der Waals surface area contributed by atoms with Gasteiger partial charge in [0.1, 0.15) is 11.4 Å². The lowest BCUT2D eigenvalue weighted by molar-refractivity contribution is -0.160. The Bertz CT molecular complexity index is 724. The van der Waals surface area contributed by atoms with Crippen LogP contribution in [0.3, 0.4) is 0 Å². The van der Waals surface area contributed by atoms with E-state index in [9.17, 15) is 19.2 Å². The molecule has 1 heterocycles. The van der Waals surface area contributed by atoms with Crippen LogP contribution in [-0.4, -0.2) is 55.9 Å². The van der Waals surface area contributed by atoms with Crippen LogP contribution in [0, 0.1) is 5.92 Å². The number of hydrogen-bond acceptors (Lipinski definition) is 9. The van der Waals surface area contributed by atoms with E-state index in [0.29, 0.717) is 5.56 Å². The van der Waals surface area contributed by atoms with E-state index in [-0.39, 0.29) is 12.2 Å². The van der Waals surface area contributed by atoms with Gasteiger partial charge in [0.15, 0.2) is 5.92 Å². The molecule has 0 aliphatic rings. The molecule has 0 saturated carbocycles.